The monoisotopic (exact) mass is 489 g/mol. The number of carbonyl (C=O) groups excluding carboxylic acids is 2. The van der Waals surface area contributed by atoms with Crippen molar-refractivity contribution < 1.29 is 22.7 Å². The number of benzene rings is 2. The molecular weight excluding hydrogens is 454 g/mol. The molecule has 0 bridgehead atoms. The molecule has 0 aliphatic carbocycles. The Morgan fingerprint density at radius 3 is 2.35 bits per heavy atom. The van der Waals surface area contributed by atoms with E-state index in [4.69, 9.17) is 4.74 Å². The Bertz CT molecular complexity index is 1120. The summed E-state index contributed by atoms with van der Waals surface area (Å²) in [6.45, 7) is 7.49. The summed E-state index contributed by atoms with van der Waals surface area (Å²) in [5, 5.41) is 2.78. The number of nitrogens with one attached hydrogen (secondary N) is 1. The van der Waals surface area contributed by atoms with Crippen LogP contribution in [-0.2, 0) is 26.2 Å². The lowest BCUT2D eigenvalue weighted by Crippen LogP contribution is -2.52. The van der Waals surface area contributed by atoms with Gasteiger partial charge >= 0.3 is 0 Å². The summed E-state index contributed by atoms with van der Waals surface area (Å²) >= 11 is 0. The summed E-state index contributed by atoms with van der Waals surface area (Å²) in [6.07, 6.45) is 1.46. The number of hydrogen-bond acceptors (Lipinski definition) is 5. The quantitative estimate of drug-likeness (QED) is 0.523. The molecule has 1 atom stereocenters. The first-order valence-electron chi connectivity index (χ1n) is 11.3. The number of methoxy groups -OCH3 is 1. The molecule has 2 rings (SSSR count). The molecule has 0 aliphatic heterocycles. The van der Waals surface area contributed by atoms with Crippen LogP contribution in [0.25, 0.3) is 0 Å². The number of nitrogens with zero attached hydrogens (tertiary/aromatic N) is 2. The first-order valence-corrected chi connectivity index (χ1v) is 13.1. The molecule has 0 saturated heterocycles. The normalized spacial score (nSPS) is 12.1. The van der Waals surface area contributed by atoms with E-state index in [1.807, 2.05) is 45.9 Å². The minimum Gasteiger partial charge on any atom is -0.497 e. The molecule has 0 unspecified atom stereocenters. The van der Waals surface area contributed by atoms with Crippen molar-refractivity contribution >= 4 is 27.5 Å². The van der Waals surface area contributed by atoms with Crippen LogP contribution >= 0.6 is 0 Å². The van der Waals surface area contributed by atoms with Crippen LogP contribution in [0.5, 0.6) is 5.75 Å². The molecule has 0 radical (unpaired) electrons. The molecular formula is C25H35N3O5S. The Kier molecular flexibility index (Phi) is 9.49. The fourth-order valence-corrected chi connectivity index (χ4v) is 4.68. The lowest BCUT2D eigenvalue weighted by atomic mass is 10.1. The second-order valence-corrected chi connectivity index (χ2v) is 10.1. The Labute approximate surface area is 202 Å². The van der Waals surface area contributed by atoms with E-state index in [9.17, 15) is 18.0 Å². The fraction of sp³-hybridized carbons (Fsp3) is 0.440. The van der Waals surface area contributed by atoms with Crippen LogP contribution in [0.15, 0.2) is 42.5 Å². The maximum atomic E-state index is 13.6. The maximum absolute atomic E-state index is 13.6. The van der Waals surface area contributed by atoms with E-state index in [1.165, 1.54) is 4.90 Å². The van der Waals surface area contributed by atoms with Crippen molar-refractivity contribution in [3.8, 4) is 5.75 Å². The second-order valence-electron chi connectivity index (χ2n) is 8.18. The zero-order valence-electron chi connectivity index (χ0n) is 20.8. The van der Waals surface area contributed by atoms with Gasteiger partial charge in [-0.3, -0.25) is 13.9 Å². The molecule has 0 heterocycles. The molecule has 0 aliphatic rings. The van der Waals surface area contributed by atoms with Crippen molar-refractivity contribution in [2.75, 3.05) is 30.8 Å². The molecule has 34 heavy (non-hydrogen) atoms. The number of rotatable bonds is 11. The largest absolute Gasteiger partial charge is 0.497 e. The molecule has 0 saturated carbocycles. The van der Waals surface area contributed by atoms with Crippen LogP contribution in [-0.4, -0.2) is 57.6 Å². The number of sulfonamides is 1. The highest BCUT2D eigenvalue weighted by atomic mass is 32.2. The average molecular weight is 490 g/mol. The van der Waals surface area contributed by atoms with Gasteiger partial charge in [-0.2, -0.15) is 0 Å². The van der Waals surface area contributed by atoms with Gasteiger partial charge in [-0.05, 0) is 62.1 Å². The predicted molar refractivity (Wildman–Crippen MR) is 134 cm³/mol. The van der Waals surface area contributed by atoms with Gasteiger partial charge in [-0.25, -0.2) is 8.42 Å². The van der Waals surface area contributed by atoms with Crippen LogP contribution < -0.4 is 14.4 Å². The topological polar surface area (TPSA) is 96.0 Å². The van der Waals surface area contributed by atoms with Crippen LogP contribution in [0.1, 0.15) is 37.0 Å². The average Bonchev–Trinajstić information content (AvgIpc) is 2.79. The molecule has 1 N–H and O–H groups in total. The zero-order valence-corrected chi connectivity index (χ0v) is 21.6. The van der Waals surface area contributed by atoms with Gasteiger partial charge in [0, 0.05) is 13.1 Å². The number of anilines is 1. The first-order chi connectivity index (χ1) is 16.0. The Morgan fingerprint density at radius 2 is 1.76 bits per heavy atom. The molecule has 8 nitrogen and oxygen atoms in total. The first kappa shape index (κ1) is 27.2. The molecule has 2 aromatic rings. The van der Waals surface area contributed by atoms with Gasteiger partial charge in [-0.1, -0.05) is 31.2 Å². The Balaban J connectivity index is 2.49. The van der Waals surface area contributed by atoms with E-state index in [0.717, 1.165) is 27.3 Å². The van der Waals surface area contributed by atoms with Crippen LogP contribution in [0.2, 0.25) is 0 Å². The number of aryl methyl sites for hydroxylation is 1. The molecule has 2 amide bonds. The van der Waals surface area contributed by atoms with Crippen molar-refractivity contribution in [1.29, 1.82) is 0 Å². The van der Waals surface area contributed by atoms with Crippen molar-refractivity contribution in [1.82, 2.24) is 10.2 Å². The van der Waals surface area contributed by atoms with Gasteiger partial charge in [0.2, 0.25) is 21.8 Å². The zero-order chi connectivity index (χ0) is 25.5. The van der Waals surface area contributed by atoms with Crippen molar-refractivity contribution in [2.45, 2.75) is 46.7 Å². The van der Waals surface area contributed by atoms with E-state index >= 15 is 0 Å². The highest BCUT2D eigenvalue weighted by molar-refractivity contribution is 7.92. The van der Waals surface area contributed by atoms with Crippen molar-refractivity contribution in [3.05, 3.63) is 59.2 Å². The summed E-state index contributed by atoms with van der Waals surface area (Å²) in [7, 11) is -2.21. The third-order valence-corrected chi connectivity index (χ3v) is 6.87. The summed E-state index contributed by atoms with van der Waals surface area (Å²) < 4.78 is 31.9. The minimum atomic E-state index is -3.77. The Morgan fingerprint density at radius 1 is 1.09 bits per heavy atom. The number of amides is 2. The summed E-state index contributed by atoms with van der Waals surface area (Å²) in [4.78, 5) is 27.9. The van der Waals surface area contributed by atoms with Gasteiger partial charge in [0.15, 0.2) is 0 Å². The third kappa shape index (κ3) is 6.72. The van der Waals surface area contributed by atoms with Gasteiger partial charge in [0.25, 0.3) is 0 Å². The Hall–Kier alpha value is -3.07. The van der Waals surface area contributed by atoms with Crippen molar-refractivity contribution in [3.63, 3.8) is 0 Å². The SMILES string of the molecule is CCNC(=O)[C@@H](CC)N(Cc1cccc(OC)c1)C(=O)CN(c1cccc(C)c1C)S(C)(=O)=O. The highest BCUT2D eigenvalue weighted by Crippen LogP contribution is 2.26. The van der Waals surface area contributed by atoms with Crippen molar-refractivity contribution in [2.24, 2.45) is 0 Å². The molecule has 186 valence electrons. The standard InChI is InChI=1S/C25H35N3O5S/c1-7-22(25(30)26-8-2)27(16-20-12-10-13-21(15-20)33-5)24(29)17-28(34(6,31)32)23-14-9-11-18(3)19(23)4/h9-15,22H,7-8,16-17H2,1-6H3,(H,26,30)/t22-/m1/s1. The summed E-state index contributed by atoms with van der Waals surface area (Å²) in [6, 6.07) is 11.8. The maximum Gasteiger partial charge on any atom is 0.244 e. The van der Waals surface area contributed by atoms with Crippen LogP contribution in [0, 0.1) is 13.8 Å². The molecule has 2 aromatic carbocycles. The number of hydrogen-bond donors (Lipinski definition) is 1. The fourth-order valence-electron chi connectivity index (χ4n) is 3.78. The van der Waals surface area contributed by atoms with Gasteiger partial charge in [0.05, 0.1) is 19.1 Å². The molecule has 0 fully saturated rings. The summed E-state index contributed by atoms with van der Waals surface area (Å²) in [5.41, 5.74) is 2.91. The van der Waals surface area contributed by atoms with E-state index in [-0.39, 0.29) is 12.5 Å². The molecule has 0 aromatic heterocycles. The van der Waals surface area contributed by atoms with Gasteiger partial charge in [0.1, 0.15) is 18.3 Å². The van der Waals surface area contributed by atoms with E-state index < -0.39 is 28.5 Å². The smallest absolute Gasteiger partial charge is 0.244 e. The summed E-state index contributed by atoms with van der Waals surface area (Å²) in [5.74, 6) is -0.116. The van der Waals surface area contributed by atoms with Crippen LogP contribution in [0.3, 0.4) is 0 Å². The number of ether oxygens (including phenoxy) is 1. The number of likely N-dealkylation sites (N-methyl/N-ethyl adjacent to an activating group) is 1. The van der Waals surface area contributed by atoms with E-state index in [1.54, 1.807) is 31.4 Å². The van der Waals surface area contributed by atoms with Crippen LogP contribution in [0.4, 0.5) is 5.69 Å². The lowest BCUT2D eigenvalue weighted by Gasteiger charge is -2.33. The third-order valence-electron chi connectivity index (χ3n) is 5.75. The second kappa shape index (κ2) is 11.9. The highest BCUT2D eigenvalue weighted by Gasteiger charge is 2.32. The van der Waals surface area contributed by atoms with E-state index in [0.29, 0.717) is 24.4 Å². The molecule has 9 heteroatoms. The minimum absolute atomic E-state index is 0.135. The van der Waals surface area contributed by atoms with Gasteiger partial charge < -0.3 is 15.0 Å². The predicted octanol–water partition coefficient (Wildman–Crippen LogP) is 3.02. The molecule has 0 spiro atoms. The lowest BCUT2D eigenvalue weighted by molar-refractivity contribution is -0.140. The number of carbonyl (C=O) groups is 2. The van der Waals surface area contributed by atoms with Gasteiger partial charge in [-0.15, -0.1) is 0 Å². The van der Waals surface area contributed by atoms with E-state index in [2.05, 4.69) is 5.32 Å².